The number of carbonyl (C=O) groups is 1. The van der Waals surface area contributed by atoms with Gasteiger partial charge in [0, 0.05) is 12.8 Å². The molecule has 1 aliphatic rings. The summed E-state index contributed by atoms with van der Waals surface area (Å²) < 4.78 is 0. The first-order valence-corrected chi connectivity index (χ1v) is 5.65. The molecule has 76 valence electrons. The molecular weight excluding hydrogens is 160 g/mol. The average Bonchev–Trinajstić information content (AvgIpc) is 2.01. The van der Waals surface area contributed by atoms with E-state index in [-0.39, 0.29) is 0 Å². The maximum absolute atomic E-state index is 10.9. The number of hydrogen-bond acceptors (Lipinski definition) is 1. The van der Waals surface area contributed by atoms with Crippen LogP contribution in [0.3, 0.4) is 0 Å². The standard InChI is InChI=1S/C12H22O/c1-4-10(6-5-9(2)3)11-7-12(13)8-11/h9-11H,4-8H2,1-3H3. The number of Topliss-reactive ketones (excluding diaryl/α,β-unsaturated/α-hetero) is 1. The largest absolute Gasteiger partial charge is 0.300 e. The third-order valence-electron chi connectivity index (χ3n) is 3.29. The van der Waals surface area contributed by atoms with Crippen LogP contribution in [0.1, 0.15) is 52.9 Å². The second-order valence-corrected chi connectivity index (χ2v) is 4.85. The van der Waals surface area contributed by atoms with Gasteiger partial charge >= 0.3 is 0 Å². The molecule has 0 amide bonds. The highest BCUT2D eigenvalue weighted by Crippen LogP contribution is 2.35. The molecule has 1 fully saturated rings. The van der Waals surface area contributed by atoms with E-state index < -0.39 is 0 Å². The van der Waals surface area contributed by atoms with E-state index in [9.17, 15) is 4.79 Å². The van der Waals surface area contributed by atoms with Crippen molar-refractivity contribution in [2.24, 2.45) is 17.8 Å². The van der Waals surface area contributed by atoms with Crippen LogP contribution in [-0.2, 0) is 4.79 Å². The van der Waals surface area contributed by atoms with Gasteiger partial charge in [0.2, 0.25) is 0 Å². The van der Waals surface area contributed by atoms with Crippen molar-refractivity contribution in [1.29, 1.82) is 0 Å². The van der Waals surface area contributed by atoms with Gasteiger partial charge in [-0.25, -0.2) is 0 Å². The summed E-state index contributed by atoms with van der Waals surface area (Å²) in [6.07, 6.45) is 5.65. The van der Waals surface area contributed by atoms with Crippen LogP contribution in [-0.4, -0.2) is 5.78 Å². The van der Waals surface area contributed by atoms with E-state index in [1.807, 2.05) is 0 Å². The molecule has 0 aromatic rings. The van der Waals surface area contributed by atoms with Crippen molar-refractivity contribution in [3.8, 4) is 0 Å². The van der Waals surface area contributed by atoms with E-state index in [1.54, 1.807) is 0 Å². The highest BCUT2D eigenvalue weighted by molar-refractivity contribution is 5.84. The van der Waals surface area contributed by atoms with Gasteiger partial charge in [0.05, 0.1) is 0 Å². The lowest BCUT2D eigenvalue weighted by Gasteiger charge is -2.32. The third kappa shape index (κ3) is 3.13. The van der Waals surface area contributed by atoms with Crippen LogP contribution in [0.5, 0.6) is 0 Å². The molecule has 0 aromatic heterocycles. The first kappa shape index (κ1) is 10.7. The van der Waals surface area contributed by atoms with E-state index in [1.165, 1.54) is 19.3 Å². The Hall–Kier alpha value is -0.330. The summed E-state index contributed by atoms with van der Waals surface area (Å²) in [6, 6.07) is 0. The second-order valence-electron chi connectivity index (χ2n) is 4.85. The molecule has 1 saturated carbocycles. The zero-order valence-electron chi connectivity index (χ0n) is 9.18. The second kappa shape index (κ2) is 4.78. The Morgan fingerprint density at radius 1 is 1.31 bits per heavy atom. The van der Waals surface area contributed by atoms with Gasteiger partial charge in [0.15, 0.2) is 0 Å². The fourth-order valence-electron chi connectivity index (χ4n) is 2.18. The molecule has 1 heteroatoms. The van der Waals surface area contributed by atoms with Gasteiger partial charge in [-0.15, -0.1) is 0 Å². The summed E-state index contributed by atoms with van der Waals surface area (Å²) in [5, 5.41) is 0. The van der Waals surface area contributed by atoms with Crippen molar-refractivity contribution in [2.75, 3.05) is 0 Å². The molecule has 1 rings (SSSR count). The Kier molecular flexibility index (Phi) is 3.95. The molecular formula is C12H22O. The van der Waals surface area contributed by atoms with E-state index in [2.05, 4.69) is 20.8 Å². The summed E-state index contributed by atoms with van der Waals surface area (Å²) in [4.78, 5) is 10.9. The average molecular weight is 182 g/mol. The predicted molar refractivity (Wildman–Crippen MR) is 55.6 cm³/mol. The Morgan fingerprint density at radius 2 is 1.92 bits per heavy atom. The Labute approximate surface area is 81.9 Å². The fourth-order valence-corrected chi connectivity index (χ4v) is 2.18. The zero-order chi connectivity index (χ0) is 9.84. The van der Waals surface area contributed by atoms with Crippen LogP contribution >= 0.6 is 0 Å². The number of hydrogen-bond donors (Lipinski definition) is 0. The summed E-state index contributed by atoms with van der Waals surface area (Å²) >= 11 is 0. The normalized spacial score (nSPS) is 20.5. The van der Waals surface area contributed by atoms with Crippen molar-refractivity contribution in [3.05, 3.63) is 0 Å². The highest BCUT2D eigenvalue weighted by Gasteiger charge is 2.32. The van der Waals surface area contributed by atoms with Gasteiger partial charge in [-0.1, -0.05) is 33.6 Å². The van der Waals surface area contributed by atoms with Crippen molar-refractivity contribution in [1.82, 2.24) is 0 Å². The van der Waals surface area contributed by atoms with Crippen molar-refractivity contribution in [2.45, 2.75) is 52.9 Å². The fraction of sp³-hybridized carbons (Fsp3) is 0.917. The maximum Gasteiger partial charge on any atom is 0.133 e. The molecule has 1 unspecified atom stereocenters. The molecule has 13 heavy (non-hydrogen) atoms. The van der Waals surface area contributed by atoms with Gasteiger partial charge in [0.25, 0.3) is 0 Å². The molecule has 0 radical (unpaired) electrons. The molecule has 0 aliphatic heterocycles. The minimum atomic E-state index is 0.480. The summed E-state index contributed by atoms with van der Waals surface area (Å²) in [5.74, 6) is 2.84. The molecule has 0 bridgehead atoms. The predicted octanol–water partition coefficient (Wildman–Crippen LogP) is 3.43. The number of carbonyl (C=O) groups excluding carboxylic acids is 1. The molecule has 0 saturated heterocycles. The molecule has 1 aliphatic carbocycles. The molecule has 0 heterocycles. The number of ketones is 1. The summed E-state index contributed by atoms with van der Waals surface area (Å²) in [7, 11) is 0. The first-order chi connectivity index (χ1) is 6.13. The van der Waals surface area contributed by atoms with Crippen LogP contribution in [0.2, 0.25) is 0 Å². The lowest BCUT2D eigenvalue weighted by Crippen LogP contribution is -2.30. The zero-order valence-corrected chi connectivity index (χ0v) is 9.18. The SMILES string of the molecule is CCC(CCC(C)C)C1CC(=O)C1. The monoisotopic (exact) mass is 182 g/mol. The van der Waals surface area contributed by atoms with Crippen molar-refractivity contribution < 1.29 is 4.79 Å². The van der Waals surface area contributed by atoms with Gasteiger partial charge in [0.1, 0.15) is 5.78 Å². The van der Waals surface area contributed by atoms with Crippen LogP contribution in [0.25, 0.3) is 0 Å². The quantitative estimate of drug-likeness (QED) is 0.636. The highest BCUT2D eigenvalue weighted by atomic mass is 16.1. The topological polar surface area (TPSA) is 17.1 Å². The van der Waals surface area contributed by atoms with Gasteiger partial charge < -0.3 is 0 Å². The lowest BCUT2D eigenvalue weighted by molar-refractivity contribution is -0.128. The molecule has 0 spiro atoms. The molecule has 1 nitrogen and oxygen atoms in total. The molecule has 0 N–H and O–H groups in total. The van der Waals surface area contributed by atoms with E-state index >= 15 is 0 Å². The lowest BCUT2D eigenvalue weighted by atomic mass is 9.72. The van der Waals surface area contributed by atoms with Crippen LogP contribution in [0, 0.1) is 17.8 Å². The Balaban J connectivity index is 2.23. The number of rotatable bonds is 5. The third-order valence-corrected chi connectivity index (χ3v) is 3.29. The van der Waals surface area contributed by atoms with Crippen LogP contribution < -0.4 is 0 Å². The minimum absolute atomic E-state index is 0.480. The van der Waals surface area contributed by atoms with Crippen molar-refractivity contribution in [3.63, 3.8) is 0 Å². The van der Waals surface area contributed by atoms with Crippen molar-refractivity contribution >= 4 is 5.78 Å². The van der Waals surface area contributed by atoms with E-state index in [0.29, 0.717) is 5.78 Å². The Morgan fingerprint density at radius 3 is 2.31 bits per heavy atom. The molecule has 0 aromatic carbocycles. The summed E-state index contributed by atoms with van der Waals surface area (Å²) in [6.45, 7) is 6.81. The van der Waals surface area contributed by atoms with E-state index in [0.717, 1.165) is 30.6 Å². The maximum atomic E-state index is 10.9. The van der Waals surface area contributed by atoms with Gasteiger partial charge in [-0.05, 0) is 24.2 Å². The minimum Gasteiger partial charge on any atom is -0.300 e. The van der Waals surface area contributed by atoms with Crippen LogP contribution in [0.4, 0.5) is 0 Å². The van der Waals surface area contributed by atoms with Gasteiger partial charge in [-0.2, -0.15) is 0 Å². The first-order valence-electron chi connectivity index (χ1n) is 5.65. The van der Waals surface area contributed by atoms with E-state index in [4.69, 9.17) is 0 Å². The smallest absolute Gasteiger partial charge is 0.133 e. The Bertz CT molecular complexity index is 164. The van der Waals surface area contributed by atoms with Gasteiger partial charge in [-0.3, -0.25) is 4.79 Å². The molecule has 1 atom stereocenters. The van der Waals surface area contributed by atoms with Crippen LogP contribution in [0.15, 0.2) is 0 Å². The summed E-state index contributed by atoms with van der Waals surface area (Å²) in [5.41, 5.74) is 0.